The van der Waals surface area contributed by atoms with Crippen LogP contribution in [0.3, 0.4) is 0 Å². The summed E-state index contributed by atoms with van der Waals surface area (Å²) in [5.74, 6) is 1.28. The van der Waals surface area contributed by atoms with Gasteiger partial charge in [0.15, 0.2) is 0 Å². The number of aromatic nitrogens is 4. The molecular weight excluding hydrogens is 408 g/mol. The van der Waals surface area contributed by atoms with Crippen LogP contribution in [-0.2, 0) is 13.5 Å². The Morgan fingerprint density at radius 2 is 2.03 bits per heavy atom. The summed E-state index contributed by atoms with van der Waals surface area (Å²) in [6, 6.07) is 5.43. The maximum atomic E-state index is 13.2. The number of urea groups is 1. The minimum absolute atomic E-state index is 0.228. The van der Waals surface area contributed by atoms with Gasteiger partial charge in [0.1, 0.15) is 22.6 Å². The van der Waals surface area contributed by atoms with Crippen LogP contribution in [-0.4, -0.2) is 64.8 Å². The summed E-state index contributed by atoms with van der Waals surface area (Å²) in [6.07, 6.45) is 5.09. The van der Waals surface area contributed by atoms with Gasteiger partial charge in [0.05, 0.1) is 12.8 Å². The number of hydrogen-bond donors (Lipinski definition) is 2. The van der Waals surface area contributed by atoms with E-state index in [1.54, 1.807) is 31.2 Å². The lowest BCUT2D eigenvalue weighted by molar-refractivity contribution is 0.257. The summed E-state index contributed by atoms with van der Waals surface area (Å²) in [7, 11) is 3.34. The van der Waals surface area contributed by atoms with Crippen molar-refractivity contribution in [1.82, 2.24) is 25.3 Å². The lowest BCUT2D eigenvalue weighted by Crippen LogP contribution is -2.52. The third-order valence-electron chi connectivity index (χ3n) is 6.71. The fraction of sp³-hybridized carbons (Fsp3) is 0.455. The van der Waals surface area contributed by atoms with E-state index < -0.39 is 0 Å². The lowest BCUT2D eigenvalue weighted by Gasteiger charge is -2.36. The Hall–Kier alpha value is -3.40. The molecule has 166 valence electrons. The van der Waals surface area contributed by atoms with Crippen LogP contribution in [0.5, 0.6) is 5.75 Å². The van der Waals surface area contributed by atoms with Crippen LogP contribution in [0, 0.1) is 0 Å². The Kier molecular flexibility index (Phi) is 4.26. The van der Waals surface area contributed by atoms with Gasteiger partial charge in [-0.2, -0.15) is 15.0 Å². The molecule has 1 aliphatic carbocycles. The normalized spacial score (nSPS) is 18.8. The highest BCUT2D eigenvalue weighted by atomic mass is 16.5. The number of benzene rings is 1. The molecular formula is C22H26N8O2. The minimum Gasteiger partial charge on any atom is -0.494 e. The van der Waals surface area contributed by atoms with E-state index in [4.69, 9.17) is 4.74 Å². The van der Waals surface area contributed by atoms with Crippen molar-refractivity contribution in [3.63, 3.8) is 0 Å². The van der Waals surface area contributed by atoms with Crippen LogP contribution in [0.25, 0.3) is 11.0 Å². The molecule has 2 amide bonds. The molecule has 32 heavy (non-hydrogen) atoms. The molecule has 0 bridgehead atoms. The van der Waals surface area contributed by atoms with Gasteiger partial charge >= 0.3 is 6.03 Å². The smallest absolute Gasteiger partial charge is 0.327 e. The number of amides is 2. The van der Waals surface area contributed by atoms with Crippen molar-refractivity contribution in [3.8, 4) is 5.75 Å². The number of fused-ring (bicyclic) bond motifs is 2. The van der Waals surface area contributed by atoms with Gasteiger partial charge < -0.3 is 20.3 Å². The first kappa shape index (κ1) is 19.3. The Morgan fingerprint density at radius 3 is 2.81 bits per heavy atom. The Bertz CT molecular complexity index is 1220. The number of ether oxygens (including phenoxy) is 1. The van der Waals surface area contributed by atoms with Gasteiger partial charge in [-0.25, -0.2) is 9.78 Å². The van der Waals surface area contributed by atoms with Gasteiger partial charge in [-0.15, -0.1) is 0 Å². The fourth-order valence-corrected chi connectivity index (χ4v) is 4.92. The van der Waals surface area contributed by atoms with Crippen molar-refractivity contribution >= 4 is 34.3 Å². The molecule has 1 saturated carbocycles. The maximum absolute atomic E-state index is 13.2. The molecule has 2 aromatic heterocycles. The molecule has 4 heterocycles. The summed E-state index contributed by atoms with van der Waals surface area (Å²) in [5, 5.41) is 15.3. The molecule has 2 N–H and O–H groups in total. The van der Waals surface area contributed by atoms with Gasteiger partial charge in [-0.05, 0) is 31.4 Å². The van der Waals surface area contributed by atoms with E-state index in [0.29, 0.717) is 34.6 Å². The van der Waals surface area contributed by atoms with E-state index >= 15 is 0 Å². The van der Waals surface area contributed by atoms with E-state index in [9.17, 15) is 4.79 Å². The molecule has 6 rings (SSSR count). The minimum atomic E-state index is -0.228. The monoisotopic (exact) mass is 434 g/mol. The first-order valence-electron chi connectivity index (χ1n) is 11.0. The highest BCUT2D eigenvalue weighted by Gasteiger charge is 2.46. The molecule has 1 spiro atoms. The van der Waals surface area contributed by atoms with Gasteiger partial charge in [0.25, 0.3) is 0 Å². The van der Waals surface area contributed by atoms with Crippen molar-refractivity contribution in [2.75, 3.05) is 48.4 Å². The second-order valence-corrected chi connectivity index (χ2v) is 8.82. The quantitative estimate of drug-likeness (QED) is 0.649. The van der Waals surface area contributed by atoms with E-state index in [1.807, 2.05) is 6.20 Å². The molecule has 0 atom stereocenters. The van der Waals surface area contributed by atoms with Crippen molar-refractivity contribution < 1.29 is 9.53 Å². The summed E-state index contributed by atoms with van der Waals surface area (Å²) in [5.41, 5.74) is 4.61. The first-order valence-corrected chi connectivity index (χ1v) is 11.0. The van der Waals surface area contributed by atoms with Gasteiger partial charge in [-0.3, -0.25) is 4.90 Å². The predicted molar refractivity (Wildman–Crippen MR) is 122 cm³/mol. The maximum Gasteiger partial charge on any atom is 0.327 e. The number of carbonyl (C=O) groups excluding carboxylic acids is 1. The van der Waals surface area contributed by atoms with Crippen LogP contribution in [0.2, 0.25) is 0 Å². The zero-order chi connectivity index (χ0) is 21.9. The van der Waals surface area contributed by atoms with Crippen molar-refractivity contribution in [2.45, 2.75) is 24.8 Å². The number of methoxy groups -OCH3 is 1. The molecule has 3 aromatic rings. The molecule has 10 heteroatoms. The second-order valence-electron chi connectivity index (χ2n) is 8.82. The first-order chi connectivity index (χ1) is 15.5. The number of carbonyl (C=O) groups is 1. The zero-order valence-electron chi connectivity index (χ0n) is 18.3. The number of rotatable bonds is 3. The Balaban J connectivity index is 1.27. The molecule has 2 aliphatic heterocycles. The average molecular weight is 435 g/mol. The summed E-state index contributed by atoms with van der Waals surface area (Å²) in [4.78, 5) is 23.5. The highest BCUT2D eigenvalue weighted by molar-refractivity contribution is 6.04. The zero-order valence-corrected chi connectivity index (χ0v) is 18.3. The molecule has 2 fully saturated rings. The molecule has 1 saturated heterocycles. The Labute approximate surface area is 185 Å². The van der Waals surface area contributed by atoms with Crippen molar-refractivity contribution in [3.05, 3.63) is 30.0 Å². The third kappa shape index (κ3) is 3.13. The largest absolute Gasteiger partial charge is 0.494 e. The second kappa shape index (κ2) is 7.06. The average Bonchev–Trinajstić information content (AvgIpc) is 3.21. The van der Waals surface area contributed by atoms with Gasteiger partial charge in [0, 0.05) is 62.3 Å². The molecule has 1 aromatic carbocycles. The number of piperazine rings is 1. The standard InChI is InChI=1S/C22H26N8O2/c1-28-26-15-11-17(19(32-2)12-16(15)27-28)25-21(31)30-9-4-14-18(3-7-23-20(14)30)29-10-8-24-22(13-29)5-6-22/h3,7,11-12,24H,4-6,8-10,13H2,1-2H3,(H,25,31). The summed E-state index contributed by atoms with van der Waals surface area (Å²) >= 11 is 0. The summed E-state index contributed by atoms with van der Waals surface area (Å²) < 4.78 is 5.48. The van der Waals surface area contributed by atoms with Gasteiger partial charge in [0.2, 0.25) is 0 Å². The summed E-state index contributed by atoms with van der Waals surface area (Å²) in [6.45, 7) is 3.58. The Morgan fingerprint density at radius 1 is 1.22 bits per heavy atom. The number of nitrogens with zero attached hydrogens (tertiary/aromatic N) is 6. The van der Waals surface area contributed by atoms with E-state index in [0.717, 1.165) is 37.4 Å². The van der Waals surface area contributed by atoms with Crippen LogP contribution in [0.1, 0.15) is 18.4 Å². The number of aryl methyl sites for hydroxylation is 1. The number of hydrogen-bond acceptors (Lipinski definition) is 7. The van der Waals surface area contributed by atoms with E-state index in [1.165, 1.54) is 23.3 Å². The molecule has 0 unspecified atom stereocenters. The van der Waals surface area contributed by atoms with E-state index in [-0.39, 0.29) is 6.03 Å². The SMILES string of the molecule is COc1cc2nn(C)nc2cc1NC(=O)N1CCc2c(N3CCNC4(CC4)C3)ccnc21. The van der Waals surface area contributed by atoms with E-state index in [2.05, 4.69) is 36.8 Å². The van der Waals surface area contributed by atoms with Crippen molar-refractivity contribution in [2.24, 2.45) is 7.05 Å². The molecule has 0 radical (unpaired) electrons. The highest BCUT2D eigenvalue weighted by Crippen LogP contribution is 2.41. The number of nitrogens with one attached hydrogen (secondary N) is 2. The van der Waals surface area contributed by atoms with Gasteiger partial charge in [-0.1, -0.05) is 0 Å². The third-order valence-corrected chi connectivity index (χ3v) is 6.71. The lowest BCUT2D eigenvalue weighted by atomic mass is 10.1. The van der Waals surface area contributed by atoms with Crippen LogP contribution in [0.15, 0.2) is 24.4 Å². The van der Waals surface area contributed by atoms with Crippen molar-refractivity contribution in [1.29, 1.82) is 0 Å². The molecule has 3 aliphatic rings. The predicted octanol–water partition coefficient (Wildman–Crippen LogP) is 1.91. The van der Waals surface area contributed by atoms with Crippen LogP contribution in [0.4, 0.5) is 22.0 Å². The number of pyridine rings is 1. The van der Waals surface area contributed by atoms with Crippen LogP contribution >= 0.6 is 0 Å². The molecule has 10 nitrogen and oxygen atoms in total. The topological polar surface area (TPSA) is 100 Å². The van der Waals surface area contributed by atoms with Crippen LogP contribution < -0.4 is 25.2 Å². The fourth-order valence-electron chi connectivity index (χ4n) is 4.92. The number of anilines is 3.